The van der Waals surface area contributed by atoms with E-state index in [1.54, 1.807) is 13.0 Å². The molecule has 1 aromatic rings. The summed E-state index contributed by atoms with van der Waals surface area (Å²) < 4.78 is 10.3. The number of allylic oxidation sites excluding steroid dienone is 3. The fourth-order valence-electron chi connectivity index (χ4n) is 1.94. The molecule has 8 nitrogen and oxygen atoms in total. The number of rotatable bonds is 7. The third kappa shape index (κ3) is 5.69. The van der Waals surface area contributed by atoms with E-state index in [2.05, 4.69) is 10.6 Å². The third-order valence-corrected chi connectivity index (χ3v) is 2.99. The summed E-state index contributed by atoms with van der Waals surface area (Å²) in [6.45, 7) is 3.45. The molecule has 1 rings (SSSR count). The highest BCUT2D eigenvalue weighted by Gasteiger charge is 2.17. The first-order valence-electron chi connectivity index (χ1n) is 7.56. The zero-order chi connectivity index (χ0) is 19.5. The summed E-state index contributed by atoms with van der Waals surface area (Å²) in [5, 5.41) is 23.0. The molecule has 1 amide bonds. The van der Waals surface area contributed by atoms with Crippen molar-refractivity contribution in [2.24, 2.45) is 0 Å². The molecule has 0 saturated heterocycles. The van der Waals surface area contributed by atoms with Crippen LogP contribution in [0.5, 0.6) is 5.75 Å². The molecule has 0 atom stereocenters. The highest BCUT2D eigenvalue weighted by molar-refractivity contribution is 6.00. The Hall–Kier alpha value is -3.78. The molecule has 0 heterocycles. The molecule has 134 valence electrons. The van der Waals surface area contributed by atoms with Gasteiger partial charge in [0.15, 0.2) is 0 Å². The number of carbonyl (C=O) groups is 2. The van der Waals surface area contributed by atoms with Crippen molar-refractivity contribution >= 4 is 23.3 Å². The quantitative estimate of drug-likeness (QED) is 0.438. The predicted molar refractivity (Wildman–Crippen MR) is 95.3 cm³/mol. The molecule has 0 fully saturated rings. The lowest BCUT2D eigenvalue weighted by Crippen LogP contribution is -2.12. The van der Waals surface area contributed by atoms with Crippen LogP contribution in [-0.4, -0.2) is 25.6 Å². The maximum Gasteiger partial charge on any atom is 0.340 e. The second-order valence-corrected chi connectivity index (χ2v) is 4.82. The second kappa shape index (κ2) is 10.2. The highest BCUT2D eigenvalue weighted by Crippen LogP contribution is 2.32. The summed E-state index contributed by atoms with van der Waals surface area (Å²) in [5.41, 5.74) is 0.940. The Morgan fingerprint density at radius 3 is 2.54 bits per heavy atom. The van der Waals surface area contributed by atoms with Gasteiger partial charge >= 0.3 is 5.97 Å². The number of nitriles is 2. The van der Waals surface area contributed by atoms with Crippen molar-refractivity contribution in [1.82, 2.24) is 0 Å². The molecule has 2 N–H and O–H groups in total. The van der Waals surface area contributed by atoms with Gasteiger partial charge in [0.25, 0.3) is 0 Å². The predicted octanol–water partition coefficient (Wildman–Crippen LogP) is 2.73. The molecule has 0 aliphatic heterocycles. The molecular weight excluding hydrogens is 336 g/mol. The maximum atomic E-state index is 12.1. The standard InChI is InChI=1S/C18H18N4O4/c1-4-26-17-9-15(21-11-13(10-20)6-5-7-19)14(18(24)25-3)8-16(17)22-12(2)23/h5-6,8-9,11,21H,4H2,1-3H3,(H,22,23). The summed E-state index contributed by atoms with van der Waals surface area (Å²) in [5.74, 6) is -0.616. The molecule has 26 heavy (non-hydrogen) atoms. The topological polar surface area (TPSA) is 124 Å². The average Bonchev–Trinajstić information content (AvgIpc) is 2.62. The normalized spacial score (nSPS) is 10.6. The summed E-state index contributed by atoms with van der Waals surface area (Å²) in [6, 6.07) is 6.63. The molecule has 1 aromatic carbocycles. The third-order valence-electron chi connectivity index (χ3n) is 2.99. The number of hydrogen-bond acceptors (Lipinski definition) is 7. The summed E-state index contributed by atoms with van der Waals surface area (Å²) in [6.07, 6.45) is 3.81. The zero-order valence-corrected chi connectivity index (χ0v) is 14.6. The molecule has 0 aliphatic carbocycles. The van der Waals surface area contributed by atoms with Crippen molar-refractivity contribution < 1.29 is 19.1 Å². The van der Waals surface area contributed by atoms with Crippen LogP contribution in [0.1, 0.15) is 24.2 Å². The number of benzene rings is 1. The van der Waals surface area contributed by atoms with Crippen LogP contribution in [0, 0.1) is 22.7 Å². The first-order chi connectivity index (χ1) is 12.5. The van der Waals surface area contributed by atoms with Crippen LogP contribution in [0.15, 0.2) is 36.1 Å². The number of carbonyl (C=O) groups excluding carboxylic acids is 2. The second-order valence-electron chi connectivity index (χ2n) is 4.82. The Kier molecular flexibility index (Phi) is 7.92. The molecule has 0 aliphatic rings. The van der Waals surface area contributed by atoms with E-state index in [1.165, 1.54) is 38.4 Å². The van der Waals surface area contributed by atoms with E-state index in [9.17, 15) is 9.59 Å². The Labute approximate surface area is 151 Å². The van der Waals surface area contributed by atoms with E-state index in [1.807, 2.05) is 6.07 Å². The molecule has 0 spiro atoms. The number of hydrogen-bond donors (Lipinski definition) is 2. The lowest BCUT2D eigenvalue weighted by atomic mass is 10.1. The molecule has 0 saturated carbocycles. The first-order valence-corrected chi connectivity index (χ1v) is 7.56. The molecule has 0 unspecified atom stereocenters. The van der Waals surface area contributed by atoms with Gasteiger partial charge in [0.1, 0.15) is 11.8 Å². The molecule has 0 aromatic heterocycles. The minimum atomic E-state index is -0.637. The van der Waals surface area contributed by atoms with Gasteiger partial charge in [0, 0.05) is 25.3 Å². The fourth-order valence-corrected chi connectivity index (χ4v) is 1.94. The first kappa shape index (κ1) is 20.3. The largest absolute Gasteiger partial charge is 0.492 e. The van der Waals surface area contributed by atoms with E-state index in [4.69, 9.17) is 20.0 Å². The number of amides is 1. The van der Waals surface area contributed by atoms with Crippen molar-refractivity contribution in [3.05, 3.63) is 41.6 Å². The summed E-state index contributed by atoms with van der Waals surface area (Å²) >= 11 is 0. The van der Waals surface area contributed by atoms with Gasteiger partial charge in [-0.1, -0.05) is 0 Å². The number of nitrogens with one attached hydrogen (secondary N) is 2. The number of methoxy groups -OCH3 is 1. The van der Waals surface area contributed by atoms with Crippen LogP contribution in [0.4, 0.5) is 11.4 Å². The smallest absolute Gasteiger partial charge is 0.340 e. The monoisotopic (exact) mass is 354 g/mol. The maximum absolute atomic E-state index is 12.1. The van der Waals surface area contributed by atoms with Crippen molar-refractivity contribution in [3.63, 3.8) is 0 Å². The van der Waals surface area contributed by atoms with Crippen molar-refractivity contribution in [1.29, 1.82) is 10.5 Å². The Bertz CT molecular complexity index is 829. The Balaban J connectivity index is 3.41. The molecule has 0 bridgehead atoms. The van der Waals surface area contributed by atoms with E-state index in [0.717, 1.165) is 6.08 Å². The van der Waals surface area contributed by atoms with E-state index in [0.29, 0.717) is 23.7 Å². The van der Waals surface area contributed by atoms with Crippen molar-refractivity contribution in [2.75, 3.05) is 24.4 Å². The van der Waals surface area contributed by atoms with E-state index < -0.39 is 5.97 Å². The number of nitrogens with zero attached hydrogens (tertiary/aromatic N) is 2. The van der Waals surface area contributed by atoms with E-state index >= 15 is 0 Å². The van der Waals surface area contributed by atoms with Crippen LogP contribution < -0.4 is 15.4 Å². The number of ether oxygens (including phenoxy) is 2. The van der Waals surface area contributed by atoms with Gasteiger partial charge in [-0.2, -0.15) is 10.5 Å². The van der Waals surface area contributed by atoms with Crippen LogP contribution in [0.25, 0.3) is 0 Å². The van der Waals surface area contributed by atoms with Gasteiger partial charge in [-0.15, -0.1) is 0 Å². The lowest BCUT2D eigenvalue weighted by Gasteiger charge is -2.15. The zero-order valence-electron chi connectivity index (χ0n) is 14.6. The van der Waals surface area contributed by atoms with Crippen LogP contribution in [0.3, 0.4) is 0 Å². The number of anilines is 2. The summed E-state index contributed by atoms with van der Waals surface area (Å²) in [7, 11) is 1.23. The molecule has 0 radical (unpaired) electrons. The average molecular weight is 354 g/mol. The number of esters is 1. The lowest BCUT2D eigenvalue weighted by molar-refractivity contribution is -0.114. The van der Waals surface area contributed by atoms with E-state index in [-0.39, 0.29) is 17.0 Å². The van der Waals surface area contributed by atoms with Crippen LogP contribution >= 0.6 is 0 Å². The molecule has 8 heteroatoms. The van der Waals surface area contributed by atoms with Crippen molar-refractivity contribution in [2.45, 2.75) is 13.8 Å². The van der Waals surface area contributed by atoms with Crippen LogP contribution in [-0.2, 0) is 9.53 Å². The Morgan fingerprint density at radius 2 is 2.00 bits per heavy atom. The summed E-state index contributed by atoms with van der Waals surface area (Å²) in [4.78, 5) is 23.5. The minimum Gasteiger partial charge on any atom is -0.492 e. The Morgan fingerprint density at radius 1 is 1.27 bits per heavy atom. The van der Waals surface area contributed by atoms with Crippen LogP contribution in [0.2, 0.25) is 0 Å². The highest BCUT2D eigenvalue weighted by atomic mass is 16.5. The van der Waals surface area contributed by atoms with Gasteiger partial charge in [0.2, 0.25) is 5.91 Å². The fraction of sp³-hybridized carbons (Fsp3) is 0.222. The van der Waals surface area contributed by atoms with Gasteiger partial charge < -0.3 is 20.1 Å². The SMILES string of the molecule is CCOc1cc(NC=C(C#N)C=CC#N)c(C(=O)OC)cc1NC(C)=O. The van der Waals surface area contributed by atoms with Gasteiger partial charge in [-0.3, -0.25) is 4.79 Å². The van der Waals surface area contributed by atoms with Crippen molar-refractivity contribution in [3.8, 4) is 17.9 Å². The molecular formula is C18H18N4O4. The van der Waals surface area contributed by atoms with Gasteiger partial charge in [-0.25, -0.2) is 4.79 Å². The van der Waals surface area contributed by atoms with Gasteiger partial charge in [0.05, 0.1) is 42.3 Å². The van der Waals surface area contributed by atoms with Gasteiger partial charge in [-0.05, 0) is 19.1 Å². The minimum absolute atomic E-state index is 0.137.